The molecule has 0 spiro atoms. The van der Waals surface area contributed by atoms with Gasteiger partial charge >= 0.3 is 22.5 Å². The Labute approximate surface area is 76.2 Å². The molecule has 0 bridgehead atoms. The number of rotatable bonds is 2. The first kappa shape index (κ1) is 14.9. The van der Waals surface area contributed by atoms with Crippen LogP contribution in [0, 0.1) is 0 Å². The quantitative estimate of drug-likeness (QED) is 0.490. The lowest BCUT2D eigenvalue weighted by Gasteiger charge is -1.91. The van der Waals surface area contributed by atoms with E-state index in [9.17, 15) is 13.9 Å². The lowest BCUT2D eigenvalue weighted by Crippen LogP contribution is -2.28. The van der Waals surface area contributed by atoms with Crippen LogP contribution < -0.4 is 10.6 Å². The first-order chi connectivity index (χ1) is 5.93. The van der Waals surface area contributed by atoms with Gasteiger partial charge in [-0.25, -0.2) is 4.79 Å². The van der Waals surface area contributed by atoms with E-state index in [2.05, 4.69) is 14.9 Å². The first-order valence-electron chi connectivity index (χ1n) is 2.83. The summed E-state index contributed by atoms with van der Waals surface area (Å²) in [4.78, 5) is 25.3. The molecule has 0 aliphatic rings. The molecule has 0 saturated heterocycles. The van der Waals surface area contributed by atoms with Crippen LogP contribution in [0.4, 0.5) is 4.79 Å². The molecule has 0 saturated carbocycles. The van der Waals surface area contributed by atoms with Gasteiger partial charge in [0.25, 0.3) is 0 Å². The standard InChI is InChI=1S/C3H8N2O.O5P2/c1-4-3(6)5-2;1-6(2)5-7(3)4/h1-2H3,(H2,4,5,6);/p+2. The topological polar surface area (TPSA) is 125 Å². The van der Waals surface area contributed by atoms with Crippen molar-refractivity contribution in [2.24, 2.45) is 0 Å². The maximum absolute atomic E-state index is 9.96. The minimum Gasteiger partial charge on any atom is -0.341 e. The SMILES string of the molecule is CNC(=O)NC.O=[P+](O)O[P+](=O)O. The van der Waals surface area contributed by atoms with Crippen LogP contribution >= 0.6 is 16.5 Å². The van der Waals surface area contributed by atoms with Crippen molar-refractivity contribution in [2.75, 3.05) is 14.1 Å². The van der Waals surface area contributed by atoms with Crippen molar-refractivity contribution in [3.8, 4) is 0 Å². The second-order valence-corrected chi connectivity index (χ2v) is 2.99. The fourth-order valence-corrected chi connectivity index (χ4v) is 0.663. The van der Waals surface area contributed by atoms with E-state index >= 15 is 0 Å². The Morgan fingerprint density at radius 2 is 1.46 bits per heavy atom. The largest absolute Gasteiger partial charge is 0.745 e. The number of hydrogen-bond acceptors (Lipinski definition) is 4. The maximum atomic E-state index is 9.96. The molecule has 2 atom stereocenters. The predicted molar refractivity (Wildman–Crippen MR) is 44.3 cm³/mol. The molecule has 0 radical (unpaired) electrons. The Kier molecular flexibility index (Phi) is 10.8. The molecule has 76 valence electrons. The minimum atomic E-state index is -2.92. The molecule has 8 nitrogen and oxygen atoms in total. The zero-order chi connectivity index (χ0) is 10.9. The van der Waals surface area contributed by atoms with Gasteiger partial charge < -0.3 is 10.6 Å². The highest BCUT2D eigenvalue weighted by atomic mass is 31.2. The predicted octanol–water partition coefficient (Wildman–Crippen LogP) is -0.152. The molecule has 2 unspecified atom stereocenters. The molecule has 0 aliphatic carbocycles. The molecular weight excluding hydrogens is 222 g/mol. The third-order valence-electron chi connectivity index (χ3n) is 0.594. The molecule has 0 rings (SSSR count). The van der Waals surface area contributed by atoms with Gasteiger partial charge in [0.2, 0.25) is 0 Å². The number of amides is 2. The maximum Gasteiger partial charge on any atom is 0.745 e. The van der Waals surface area contributed by atoms with Crippen molar-refractivity contribution in [3.05, 3.63) is 0 Å². The molecule has 0 aliphatic heterocycles. The van der Waals surface area contributed by atoms with E-state index in [1.54, 1.807) is 14.1 Å². The van der Waals surface area contributed by atoms with Crippen molar-refractivity contribution in [1.82, 2.24) is 10.6 Å². The Hall–Kier alpha value is -0.650. The Morgan fingerprint density at radius 1 is 1.15 bits per heavy atom. The van der Waals surface area contributed by atoms with E-state index in [1.807, 2.05) is 0 Å². The van der Waals surface area contributed by atoms with Gasteiger partial charge in [-0.3, -0.25) is 0 Å². The number of carbonyl (C=O) groups excluding carboxylic acids is 1. The summed E-state index contributed by atoms with van der Waals surface area (Å²) in [5.74, 6) is 0. The van der Waals surface area contributed by atoms with E-state index in [4.69, 9.17) is 9.79 Å². The van der Waals surface area contributed by atoms with Crippen LogP contribution in [0.2, 0.25) is 0 Å². The van der Waals surface area contributed by atoms with Gasteiger partial charge in [0.15, 0.2) is 4.31 Å². The van der Waals surface area contributed by atoms with Gasteiger partial charge in [0.05, 0.1) is 0 Å². The number of carbonyl (C=O) groups is 1. The highest BCUT2D eigenvalue weighted by Crippen LogP contribution is 2.30. The third kappa shape index (κ3) is 18.4. The molecule has 0 aromatic carbocycles. The van der Waals surface area contributed by atoms with E-state index in [1.165, 1.54) is 0 Å². The molecule has 0 aromatic heterocycles. The summed E-state index contributed by atoms with van der Waals surface area (Å²) in [6.45, 7) is 0. The average Bonchev–Trinajstić information content (AvgIpc) is 2.01. The summed E-state index contributed by atoms with van der Waals surface area (Å²) in [6.07, 6.45) is 0. The van der Waals surface area contributed by atoms with Crippen molar-refractivity contribution in [1.29, 1.82) is 0 Å². The first-order valence-corrected chi connectivity index (χ1v) is 5.10. The van der Waals surface area contributed by atoms with Crippen molar-refractivity contribution >= 4 is 22.5 Å². The van der Waals surface area contributed by atoms with E-state index in [0.29, 0.717) is 0 Å². The summed E-state index contributed by atoms with van der Waals surface area (Å²) >= 11 is 0. The molecule has 2 amide bonds. The summed E-state index contributed by atoms with van der Waals surface area (Å²) in [5, 5.41) is 4.73. The smallest absolute Gasteiger partial charge is 0.341 e. The van der Waals surface area contributed by atoms with E-state index in [0.717, 1.165) is 0 Å². The molecule has 0 heterocycles. The Balaban J connectivity index is 0. The summed E-state index contributed by atoms with van der Waals surface area (Å²) in [7, 11) is -2.71. The second-order valence-electron chi connectivity index (χ2n) is 1.39. The Morgan fingerprint density at radius 3 is 1.46 bits per heavy atom. The van der Waals surface area contributed by atoms with Crippen LogP contribution in [0.15, 0.2) is 0 Å². The van der Waals surface area contributed by atoms with Crippen molar-refractivity contribution < 1.29 is 28.0 Å². The average molecular weight is 232 g/mol. The van der Waals surface area contributed by atoms with Crippen LogP contribution in [0.25, 0.3) is 0 Å². The monoisotopic (exact) mass is 232 g/mol. The third-order valence-corrected chi connectivity index (χ3v) is 1.71. The van der Waals surface area contributed by atoms with Crippen LogP contribution in [-0.4, -0.2) is 29.9 Å². The number of urea groups is 1. The molecule has 4 N–H and O–H groups in total. The van der Waals surface area contributed by atoms with Crippen molar-refractivity contribution in [2.45, 2.75) is 0 Å². The van der Waals surface area contributed by atoms with Gasteiger partial charge in [-0.05, 0) is 0 Å². The van der Waals surface area contributed by atoms with Crippen LogP contribution in [0.5, 0.6) is 0 Å². The van der Waals surface area contributed by atoms with Gasteiger partial charge in [-0.2, -0.15) is 0 Å². The summed E-state index contributed by atoms with van der Waals surface area (Å²) in [6, 6.07) is -0.157. The minimum absolute atomic E-state index is 0.157. The van der Waals surface area contributed by atoms with Gasteiger partial charge in [-0.15, -0.1) is 9.79 Å². The summed E-state index contributed by atoms with van der Waals surface area (Å²) in [5.41, 5.74) is 0. The van der Waals surface area contributed by atoms with Gasteiger partial charge in [0, 0.05) is 23.2 Å². The molecule has 10 heteroatoms. The fourth-order valence-electron chi connectivity index (χ4n) is 0.185. The Bertz CT molecular complexity index is 178. The summed E-state index contributed by atoms with van der Waals surface area (Å²) < 4.78 is 22.2. The highest BCUT2D eigenvalue weighted by Gasteiger charge is 2.31. The lowest BCUT2D eigenvalue weighted by molar-refractivity contribution is 0.245. The van der Waals surface area contributed by atoms with Gasteiger partial charge in [0.1, 0.15) is 0 Å². The number of nitrogens with one attached hydrogen (secondary N) is 2. The van der Waals surface area contributed by atoms with E-state index < -0.39 is 16.5 Å². The number of hydrogen-bond donors (Lipinski definition) is 4. The fraction of sp³-hybridized carbons (Fsp3) is 0.667. The molecule has 0 aromatic rings. The van der Waals surface area contributed by atoms with Crippen LogP contribution in [0.1, 0.15) is 0 Å². The molecule has 0 fully saturated rings. The van der Waals surface area contributed by atoms with E-state index in [-0.39, 0.29) is 6.03 Å². The zero-order valence-electron chi connectivity index (χ0n) is 6.92. The molecular formula is C3H10N2O6P2+2. The van der Waals surface area contributed by atoms with Crippen LogP contribution in [0.3, 0.4) is 0 Å². The van der Waals surface area contributed by atoms with Gasteiger partial charge in [-0.1, -0.05) is 0 Å². The molecule has 13 heavy (non-hydrogen) atoms. The zero-order valence-corrected chi connectivity index (χ0v) is 8.71. The normalized spacial score (nSPS) is 10.5. The highest BCUT2D eigenvalue weighted by molar-refractivity contribution is 7.46. The lowest BCUT2D eigenvalue weighted by atomic mass is 11.0. The van der Waals surface area contributed by atoms with Crippen molar-refractivity contribution in [3.63, 3.8) is 0 Å². The van der Waals surface area contributed by atoms with Crippen LogP contribution in [-0.2, 0) is 13.4 Å². The second kappa shape index (κ2) is 9.44.